The van der Waals surface area contributed by atoms with Crippen molar-refractivity contribution < 1.29 is 14.3 Å². The van der Waals surface area contributed by atoms with Crippen LogP contribution in [0, 0.1) is 0 Å². The zero-order valence-corrected chi connectivity index (χ0v) is 19.1. The molecule has 0 atom stereocenters. The van der Waals surface area contributed by atoms with Gasteiger partial charge in [-0.15, -0.1) is 0 Å². The van der Waals surface area contributed by atoms with Crippen molar-refractivity contribution in [3.63, 3.8) is 0 Å². The van der Waals surface area contributed by atoms with Crippen molar-refractivity contribution in [3.05, 3.63) is 89.2 Å². The summed E-state index contributed by atoms with van der Waals surface area (Å²) in [6.07, 6.45) is 1.78. The number of fused-ring (bicyclic) bond motifs is 1. The molecule has 0 bridgehead atoms. The van der Waals surface area contributed by atoms with E-state index in [1.807, 2.05) is 49.4 Å². The Balaban J connectivity index is 1.63. The number of unbranched alkanes of at least 4 members (excludes halogenated alkanes) is 1. The Bertz CT molecular complexity index is 1290. The summed E-state index contributed by atoms with van der Waals surface area (Å²) in [5, 5.41) is 0.944. The van der Waals surface area contributed by atoms with E-state index in [-0.39, 0.29) is 17.3 Å². The average molecular weight is 461 g/mol. The lowest BCUT2D eigenvalue weighted by atomic mass is 10.2. The highest BCUT2D eigenvalue weighted by Crippen LogP contribution is 2.25. The molecule has 0 saturated carbocycles. The minimum atomic E-state index is -0.325. The summed E-state index contributed by atoms with van der Waals surface area (Å²) in [7, 11) is 0. The minimum absolute atomic E-state index is 0.0731. The van der Waals surface area contributed by atoms with Crippen molar-refractivity contribution in [1.82, 2.24) is 9.55 Å². The molecule has 0 fully saturated rings. The van der Waals surface area contributed by atoms with E-state index in [2.05, 4.69) is 4.98 Å². The lowest BCUT2D eigenvalue weighted by Gasteiger charge is -2.14. The average Bonchev–Trinajstić information content (AvgIpc) is 2.84. The molecule has 0 aliphatic heterocycles. The highest BCUT2D eigenvalue weighted by Gasteiger charge is 2.15. The number of carbonyl (C=O) groups excluding carboxylic acids is 1. The van der Waals surface area contributed by atoms with Crippen molar-refractivity contribution in [1.29, 1.82) is 0 Å². The van der Waals surface area contributed by atoms with Crippen LogP contribution < -0.4 is 10.3 Å². The molecule has 0 unspecified atom stereocenters. The molecule has 0 aliphatic carbocycles. The zero-order valence-electron chi connectivity index (χ0n) is 18.3. The van der Waals surface area contributed by atoms with Crippen molar-refractivity contribution in [3.8, 4) is 17.2 Å². The highest BCUT2D eigenvalue weighted by molar-refractivity contribution is 7.99. The predicted molar refractivity (Wildman–Crippen MR) is 130 cm³/mol. The van der Waals surface area contributed by atoms with Gasteiger partial charge in [-0.3, -0.25) is 14.2 Å². The van der Waals surface area contributed by atoms with E-state index < -0.39 is 0 Å². The third-order valence-electron chi connectivity index (χ3n) is 4.90. The first-order chi connectivity index (χ1) is 16.2. The molecule has 168 valence electrons. The number of carbonyl (C=O) groups is 1. The van der Waals surface area contributed by atoms with E-state index in [0.29, 0.717) is 34.1 Å². The summed E-state index contributed by atoms with van der Waals surface area (Å²) in [5.74, 6) is 1.13. The van der Waals surface area contributed by atoms with Gasteiger partial charge < -0.3 is 9.47 Å². The van der Waals surface area contributed by atoms with Gasteiger partial charge in [-0.05, 0) is 55.0 Å². The fraction of sp³-hybridized carbons (Fsp3) is 0.192. The fourth-order valence-electron chi connectivity index (χ4n) is 3.22. The summed E-state index contributed by atoms with van der Waals surface area (Å²) in [6, 6.07) is 23.9. The number of thioether (sulfide) groups is 1. The van der Waals surface area contributed by atoms with Gasteiger partial charge in [0.15, 0.2) is 5.16 Å². The van der Waals surface area contributed by atoms with Gasteiger partial charge in [-0.2, -0.15) is 0 Å². The van der Waals surface area contributed by atoms with Gasteiger partial charge in [0.25, 0.3) is 5.56 Å². The first-order valence-corrected chi connectivity index (χ1v) is 11.8. The van der Waals surface area contributed by atoms with Gasteiger partial charge in [0, 0.05) is 0 Å². The van der Waals surface area contributed by atoms with Gasteiger partial charge >= 0.3 is 5.97 Å². The van der Waals surface area contributed by atoms with Crippen LogP contribution in [-0.2, 0) is 9.53 Å². The van der Waals surface area contributed by atoms with E-state index in [0.717, 1.165) is 18.6 Å². The fourth-order valence-corrected chi connectivity index (χ4v) is 4.03. The molecule has 0 N–H and O–H groups in total. The van der Waals surface area contributed by atoms with Crippen LogP contribution in [0.1, 0.15) is 19.8 Å². The number of benzene rings is 3. The van der Waals surface area contributed by atoms with E-state index >= 15 is 0 Å². The second kappa shape index (κ2) is 10.8. The maximum Gasteiger partial charge on any atom is 0.316 e. The second-order valence-electron chi connectivity index (χ2n) is 7.32. The Kier molecular flexibility index (Phi) is 7.42. The summed E-state index contributed by atoms with van der Waals surface area (Å²) in [5.41, 5.74) is 1.03. The van der Waals surface area contributed by atoms with Gasteiger partial charge in [0.1, 0.15) is 11.5 Å². The quantitative estimate of drug-likeness (QED) is 0.140. The molecule has 0 aliphatic rings. The van der Waals surface area contributed by atoms with Crippen LogP contribution in [0.3, 0.4) is 0 Å². The molecule has 3 aromatic carbocycles. The molecule has 33 heavy (non-hydrogen) atoms. The molecule has 1 heterocycles. The minimum Gasteiger partial charge on any atom is -0.465 e. The highest BCUT2D eigenvalue weighted by atomic mass is 32.2. The third kappa shape index (κ3) is 5.62. The number of hydrogen-bond acceptors (Lipinski definition) is 6. The van der Waals surface area contributed by atoms with Gasteiger partial charge in [0.2, 0.25) is 0 Å². The Morgan fingerprint density at radius 3 is 2.39 bits per heavy atom. The molecule has 4 rings (SSSR count). The molecule has 0 radical (unpaired) electrons. The Morgan fingerprint density at radius 1 is 0.939 bits per heavy atom. The van der Waals surface area contributed by atoms with Crippen molar-refractivity contribution in [2.24, 2.45) is 0 Å². The Hall–Kier alpha value is -3.58. The Labute approximate surface area is 196 Å². The maximum absolute atomic E-state index is 13.3. The second-order valence-corrected chi connectivity index (χ2v) is 8.27. The number of aromatic nitrogens is 2. The monoisotopic (exact) mass is 460 g/mol. The van der Waals surface area contributed by atoms with E-state index in [9.17, 15) is 9.59 Å². The number of nitrogens with zero attached hydrogens (tertiary/aromatic N) is 2. The van der Waals surface area contributed by atoms with E-state index in [1.54, 1.807) is 36.4 Å². The van der Waals surface area contributed by atoms with Crippen molar-refractivity contribution in [2.45, 2.75) is 24.9 Å². The molecular weight excluding hydrogens is 436 g/mol. The van der Waals surface area contributed by atoms with Crippen LogP contribution >= 0.6 is 11.8 Å². The first-order valence-electron chi connectivity index (χ1n) is 10.8. The molecular formula is C26H24N2O4S. The summed E-state index contributed by atoms with van der Waals surface area (Å²) < 4.78 is 12.6. The Morgan fingerprint density at radius 2 is 1.64 bits per heavy atom. The smallest absolute Gasteiger partial charge is 0.316 e. The number of esters is 1. The third-order valence-corrected chi connectivity index (χ3v) is 5.81. The first kappa shape index (κ1) is 22.6. The largest absolute Gasteiger partial charge is 0.465 e. The summed E-state index contributed by atoms with van der Waals surface area (Å²) in [6.45, 7) is 2.44. The SMILES string of the molecule is CCCCOC(=O)CSc1nc2ccccc2c(=O)n1-c1ccc(Oc2ccccc2)cc1. The van der Waals surface area contributed by atoms with Gasteiger partial charge in [-0.25, -0.2) is 4.98 Å². The normalized spacial score (nSPS) is 10.8. The molecule has 4 aromatic rings. The standard InChI is InChI=1S/C26H24N2O4S/c1-2-3-17-31-24(29)18-33-26-27-23-12-8-7-11-22(23)25(30)28(26)19-13-15-21(16-14-19)32-20-9-5-4-6-10-20/h4-16H,2-3,17-18H2,1H3. The van der Waals surface area contributed by atoms with Gasteiger partial charge in [0.05, 0.1) is 29.0 Å². The molecule has 7 heteroatoms. The molecule has 0 spiro atoms. The maximum atomic E-state index is 13.3. The number of ether oxygens (including phenoxy) is 2. The van der Waals surface area contributed by atoms with Crippen LogP contribution in [0.5, 0.6) is 11.5 Å². The van der Waals surface area contributed by atoms with Gasteiger partial charge in [-0.1, -0.05) is 55.4 Å². The van der Waals surface area contributed by atoms with E-state index in [1.165, 1.54) is 16.3 Å². The van der Waals surface area contributed by atoms with Crippen molar-refractivity contribution in [2.75, 3.05) is 12.4 Å². The lowest BCUT2D eigenvalue weighted by molar-refractivity contribution is -0.140. The summed E-state index contributed by atoms with van der Waals surface area (Å²) >= 11 is 1.19. The predicted octanol–water partition coefficient (Wildman–Crippen LogP) is 5.61. The van der Waals surface area contributed by atoms with Crippen LogP contribution in [0.15, 0.2) is 88.8 Å². The lowest BCUT2D eigenvalue weighted by Crippen LogP contribution is -2.22. The summed E-state index contributed by atoms with van der Waals surface area (Å²) in [4.78, 5) is 30.1. The van der Waals surface area contributed by atoms with Crippen LogP contribution in [0.25, 0.3) is 16.6 Å². The number of hydrogen-bond donors (Lipinski definition) is 0. The number of para-hydroxylation sites is 2. The van der Waals surface area contributed by atoms with E-state index in [4.69, 9.17) is 9.47 Å². The zero-order chi connectivity index (χ0) is 23.0. The van der Waals surface area contributed by atoms with Crippen LogP contribution in [-0.4, -0.2) is 27.9 Å². The van der Waals surface area contributed by atoms with Crippen LogP contribution in [0.2, 0.25) is 0 Å². The topological polar surface area (TPSA) is 70.4 Å². The molecule has 0 amide bonds. The van der Waals surface area contributed by atoms with Crippen LogP contribution in [0.4, 0.5) is 0 Å². The molecule has 0 saturated heterocycles. The molecule has 1 aromatic heterocycles. The van der Waals surface area contributed by atoms with Crippen molar-refractivity contribution >= 4 is 28.6 Å². The number of rotatable bonds is 9. The molecule has 6 nitrogen and oxygen atoms in total.